The summed E-state index contributed by atoms with van der Waals surface area (Å²) in [7, 11) is 0. The zero-order valence-corrected chi connectivity index (χ0v) is 31.2. The smallest absolute Gasteiger partial charge is 0.164 e. The Balaban J connectivity index is 0.00000117. The number of nitrogens with zero attached hydrogens (tertiary/aromatic N) is 4. The normalized spacial score (nSPS) is 11.5. The lowest BCUT2D eigenvalue weighted by atomic mass is 9.86. The predicted molar refractivity (Wildman–Crippen MR) is 212 cm³/mol. The van der Waals surface area contributed by atoms with Crippen LogP contribution in [0.4, 0.5) is 0 Å². The number of benzene rings is 5. The average Bonchev–Trinajstić information content (AvgIpc) is 3.48. The van der Waals surface area contributed by atoms with E-state index in [4.69, 9.17) is 15.0 Å². The van der Waals surface area contributed by atoms with Crippen molar-refractivity contribution in [2.45, 2.75) is 80.1 Å². The Kier molecular flexibility index (Phi) is 10.6. The molecule has 5 aromatic carbocycles. The lowest BCUT2D eigenvalue weighted by Gasteiger charge is -2.19. The quantitative estimate of drug-likeness (QED) is 0.204. The zero-order chi connectivity index (χ0) is 36.2. The van der Waals surface area contributed by atoms with Gasteiger partial charge < -0.3 is 9.67 Å². The number of phenolic OH excluding ortho intramolecular Hbond substituents is 1. The van der Waals surface area contributed by atoms with E-state index in [-0.39, 0.29) is 16.6 Å². The Morgan fingerprint density at radius 1 is 0.460 bits per heavy atom. The molecule has 0 amide bonds. The van der Waals surface area contributed by atoms with Crippen molar-refractivity contribution in [1.82, 2.24) is 19.5 Å². The van der Waals surface area contributed by atoms with Crippen molar-refractivity contribution in [2.75, 3.05) is 0 Å². The Bertz CT molecular complexity index is 2120. The molecule has 7 aromatic rings. The first kappa shape index (κ1) is 36.0. The SMILES string of the molecule is CC.CC.CC(C)(C)c1ccc(-c2nc(-c3ccc(-n4c5ccccc5c5c(O)cccc54)cc3)nc(-c3ccc(C(C)(C)C)cc3)n2)cc1. The van der Waals surface area contributed by atoms with Crippen molar-refractivity contribution in [3.05, 3.63) is 126 Å². The number of aromatic hydroxyl groups is 1. The van der Waals surface area contributed by atoms with Gasteiger partial charge in [0.2, 0.25) is 0 Å². The van der Waals surface area contributed by atoms with Crippen LogP contribution in [0.2, 0.25) is 0 Å². The molecular formula is C45H50N4O. The highest BCUT2D eigenvalue weighted by atomic mass is 16.3. The van der Waals surface area contributed by atoms with E-state index < -0.39 is 0 Å². The molecule has 1 N–H and O–H groups in total. The fraction of sp³-hybridized carbons (Fsp3) is 0.267. The van der Waals surface area contributed by atoms with Crippen LogP contribution in [0.1, 0.15) is 80.4 Å². The molecule has 0 aliphatic rings. The molecule has 0 radical (unpaired) electrons. The van der Waals surface area contributed by atoms with E-state index in [0.29, 0.717) is 17.5 Å². The van der Waals surface area contributed by atoms with Crippen LogP contribution >= 0.6 is 0 Å². The minimum absolute atomic E-state index is 0.0552. The third-order valence-corrected chi connectivity index (χ3v) is 8.71. The van der Waals surface area contributed by atoms with Crippen LogP contribution in [-0.4, -0.2) is 24.6 Å². The monoisotopic (exact) mass is 662 g/mol. The van der Waals surface area contributed by atoms with Gasteiger partial charge in [-0.15, -0.1) is 0 Å². The first-order chi connectivity index (χ1) is 24.0. The van der Waals surface area contributed by atoms with E-state index in [1.807, 2.05) is 52.0 Å². The van der Waals surface area contributed by atoms with Gasteiger partial charge >= 0.3 is 0 Å². The van der Waals surface area contributed by atoms with Crippen molar-refractivity contribution in [3.63, 3.8) is 0 Å². The minimum Gasteiger partial charge on any atom is -0.507 e. The Morgan fingerprint density at radius 2 is 0.860 bits per heavy atom. The van der Waals surface area contributed by atoms with Gasteiger partial charge in [-0.2, -0.15) is 0 Å². The topological polar surface area (TPSA) is 63.8 Å². The van der Waals surface area contributed by atoms with Crippen LogP contribution < -0.4 is 0 Å². The molecule has 0 saturated heterocycles. The van der Waals surface area contributed by atoms with E-state index in [0.717, 1.165) is 44.2 Å². The lowest BCUT2D eigenvalue weighted by molar-refractivity contribution is 0.482. The third-order valence-electron chi connectivity index (χ3n) is 8.71. The maximum atomic E-state index is 10.7. The van der Waals surface area contributed by atoms with Gasteiger partial charge in [0.1, 0.15) is 5.75 Å². The first-order valence-corrected chi connectivity index (χ1v) is 17.8. The van der Waals surface area contributed by atoms with Gasteiger partial charge in [-0.1, -0.05) is 142 Å². The summed E-state index contributed by atoms with van der Waals surface area (Å²) in [4.78, 5) is 14.9. The van der Waals surface area contributed by atoms with Gasteiger partial charge in [-0.05, 0) is 64.4 Å². The van der Waals surface area contributed by atoms with E-state index in [2.05, 4.69) is 131 Å². The molecule has 0 saturated carbocycles. The van der Waals surface area contributed by atoms with Crippen LogP contribution in [0.5, 0.6) is 5.75 Å². The number of rotatable bonds is 4. The highest BCUT2D eigenvalue weighted by Crippen LogP contribution is 2.37. The average molecular weight is 663 g/mol. The van der Waals surface area contributed by atoms with Gasteiger partial charge in [-0.3, -0.25) is 0 Å². The third kappa shape index (κ3) is 7.18. The Hall–Kier alpha value is -5.29. The Morgan fingerprint density at radius 3 is 1.30 bits per heavy atom. The molecule has 5 heteroatoms. The van der Waals surface area contributed by atoms with Gasteiger partial charge in [0.15, 0.2) is 17.5 Å². The zero-order valence-electron chi connectivity index (χ0n) is 31.2. The molecule has 2 heterocycles. The van der Waals surface area contributed by atoms with Gasteiger partial charge in [-0.25, -0.2) is 15.0 Å². The van der Waals surface area contributed by atoms with Crippen LogP contribution in [0.3, 0.4) is 0 Å². The van der Waals surface area contributed by atoms with Crippen molar-refractivity contribution in [2.24, 2.45) is 0 Å². The van der Waals surface area contributed by atoms with E-state index >= 15 is 0 Å². The molecule has 0 spiro atoms. The van der Waals surface area contributed by atoms with Gasteiger partial charge in [0, 0.05) is 33.2 Å². The minimum atomic E-state index is 0.0552. The second-order valence-corrected chi connectivity index (χ2v) is 14.0. The summed E-state index contributed by atoms with van der Waals surface area (Å²) in [5.74, 6) is 2.18. The summed E-state index contributed by atoms with van der Waals surface area (Å²) >= 11 is 0. The molecule has 0 bridgehead atoms. The fourth-order valence-electron chi connectivity index (χ4n) is 6.04. The second-order valence-electron chi connectivity index (χ2n) is 14.0. The molecule has 50 heavy (non-hydrogen) atoms. The van der Waals surface area contributed by atoms with Crippen LogP contribution in [0, 0.1) is 0 Å². The molecule has 0 aliphatic carbocycles. The molecule has 0 aliphatic heterocycles. The maximum absolute atomic E-state index is 10.7. The molecule has 0 fully saturated rings. The maximum Gasteiger partial charge on any atom is 0.164 e. The van der Waals surface area contributed by atoms with Crippen molar-refractivity contribution >= 4 is 21.8 Å². The number of para-hydroxylation sites is 1. The number of fused-ring (bicyclic) bond motifs is 3. The van der Waals surface area contributed by atoms with E-state index in [9.17, 15) is 5.11 Å². The van der Waals surface area contributed by atoms with Crippen LogP contribution in [-0.2, 0) is 10.8 Å². The first-order valence-electron chi connectivity index (χ1n) is 17.8. The standard InChI is InChI=1S/C41H38N4O.2C2H6/c1-40(2,3)29-20-14-26(15-21-29)37-42-38(27-16-22-30(23-17-27)41(4,5)6)44-39(43-37)28-18-24-31(25-19-28)45-33-11-8-7-10-32(33)36-34(45)12-9-13-35(36)46;2*1-2/h7-25,46H,1-6H3;2*1-2H3. The lowest BCUT2D eigenvalue weighted by Crippen LogP contribution is -2.10. The fourth-order valence-corrected chi connectivity index (χ4v) is 6.04. The second kappa shape index (κ2) is 14.7. The van der Waals surface area contributed by atoms with Crippen LogP contribution in [0.25, 0.3) is 61.7 Å². The van der Waals surface area contributed by atoms with Crippen molar-refractivity contribution < 1.29 is 5.11 Å². The number of hydrogen-bond acceptors (Lipinski definition) is 4. The van der Waals surface area contributed by atoms with E-state index in [1.54, 1.807) is 6.07 Å². The molecule has 256 valence electrons. The molecule has 0 unspecified atom stereocenters. The van der Waals surface area contributed by atoms with Crippen molar-refractivity contribution in [1.29, 1.82) is 0 Å². The summed E-state index contributed by atoms with van der Waals surface area (Å²) in [6.45, 7) is 21.3. The molecular weight excluding hydrogens is 613 g/mol. The summed E-state index contributed by atoms with van der Waals surface area (Å²) in [5, 5.41) is 12.6. The predicted octanol–water partition coefficient (Wildman–Crippen LogP) is 12.3. The highest BCUT2D eigenvalue weighted by molar-refractivity contribution is 6.12. The molecule has 2 aromatic heterocycles. The largest absolute Gasteiger partial charge is 0.507 e. The summed E-state index contributed by atoms with van der Waals surface area (Å²) in [6.07, 6.45) is 0. The van der Waals surface area contributed by atoms with Gasteiger partial charge in [0.25, 0.3) is 0 Å². The number of aromatic nitrogens is 4. The van der Waals surface area contributed by atoms with Crippen LogP contribution in [0.15, 0.2) is 115 Å². The number of phenols is 1. The molecule has 0 atom stereocenters. The van der Waals surface area contributed by atoms with Crippen molar-refractivity contribution in [3.8, 4) is 45.6 Å². The van der Waals surface area contributed by atoms with Gasteiger partial charge in [0.05, 0.1) is 11.0 Å². The van der Waals surface area contributed by atoms with E-state index in [1.165, 1.54) is 11.1 Å². The summed E-state index contributed by atoms with van der Waals surface area (Å²) in [5.41, 5.74) is 8.41. The summed E-state index contributed by atoms with van der Waals surface area (Å²) < 4.78 is 2.19. The summed E-state index contributed by atoms with van der Waals surface area (Å²) in [6, 6.07) is 39.2. The molecule has 7 rings (SSSR count). The highest BCUT2D eigenvalue weighted by Gasteiger charge is 2.19. The Labute approximate surface area is 297 Å². The number of hydrogen-bond donors (Lipinski definition) is 1. The molecule has 5 nitrogen and oxygen atoms in total.